The molecule has 0 amide bonds. The van der Waals surface area contributed by atoms with Gasteiger partial charge in [0.2, 0.25) is 5.88 Å². The van der Waals surface area contributed by atoms with Crippen molar-refractivity contribution >= 4 is 17.4 Å². The van der Waals surface area contributed by atoms with E-state index in [1.165, 1.54) is 29.0 Å². The van der Waals surface area contributed by atoms with Crippen molar-refractivity contribution in [2.75, 3.05) is 0 Å². The molecule has 0 N–H and O–H groups in total. The fourth-order valence-electron chi connectivity index (χ4n) is 1.63. The zero-order valence-corrected chi connectivity index (χ0v) is 10.6. The number of hydrogen-bond donors (Lipinski definition) is 0. The van der Waals surface area contributed by atoms with Gasteiger partial charge in [0.15, 0.2) is 0 Å². The number of hydrogen-bond acceptors (Lipinski definition) is 4. The Bertz CT molecular complexity index is 759. The molecule has 1 aromatic carbocycles. The topological polar surface area (TPSA) is 52.3 Å². The molecule has 3 aromatic rings. The molecule has 0 atom stereocenters. The first-order valence-corrected chi connectivity index (χ1v) is 5.81. The van der Waals surface area contributed by atoms with Gasteiger partial charge in [-0.25, -0.2) is 4.39 Å². The smallest absolute Gasteiger partial charge is 0.256 e. The third kappa shape index (κ3) is 2.22. The molecule has 0 aliphatic rings. The molecule has 0 bridgehead atoms. The van der Waals surface area contributed by atoms with Crippen molar-refractivity contribution in [2.24, 2.45) is 0 Å². The first-order valence-electron chi connectivity index (χ1n) is 5.44. The fourth-order valence-corrected chi connectivity index (χ4v) is 1.80. The summed E-state index contributed by atoms with van der Waals surface area (Å²) in [5, 5.41) is 4.20. The summed E-state index contributed by atoms with van der Waals surface area (Å²) in [5.41, 5.74) is 0.794. The summed E-state index contributed by atoms with van der Waals surface area (Å²) < 4.78 is 20.3. The minimum atomic E-state index is -0.379. The number of halogens is 2. The van der Waals surface area contributed by atoms with E-state index in [1.54, 1.807) is 6.07 Å². The maximum atomic E-state index is 13.2. The van der Waals surface area contributed by atoms with Crippen LogP contribution in [-0.2, 0) is 0 Å². The second-order valence-corrected chi connectivity index (χ2v) is 4.29. The first-order chi connectivity index (χ1) is 9.13. The van der Waals surface area contributed by atoms with Crippen LogP contribution in [0.25, 0.3) is 5.78 Å². The van der Waals surface area contributed by atoms with Crippen LogP contribution in [0.3, 0.4) is 0 Å². The van der Waals surface area contributed by atoms with E-state index in [4.69, 9.17) is 16.3 Å². The van der Waals surface area contributed by atoms with E-state index in [1.807, 2.05) is 6.92 Å². The summed E-state index contributed by atoms with van der Waals surface area (Å²) in [5.74, 6) is 0.646. The Morgan fingerprint density at radius 2 is 2.16 bits per heavy atom. The number of rotatable bonds is 2. The van der Waals surface area contributed by atoms with Crippen molar-refractivity contribution in [3.05, 3.63) is 47.1 Å². The van der Waals surface area contributed by atoms with Crippen LogP contribution in [0.1, 0.15) is 5.56 Å². The van der Waals surface area contributed by atoms with E-state index in [9.17, 15) is 4.39 Å². The lowest BCUT2D eigenvalue weighted by Crippen LogP contribution is -1.99. The summed E-state index contributed by atoms with van der Waals surface area (Å²) in [6, 6.07) is 5.79. The quantitative estimate of drug-likeness (QED) is 0.676. The molecular weight excluding hydrogens is 271 g/mol. The zero-order valence-electron chi connectivity index (χ0n) is 9.84. The SMILES string of the molecule is Cc1ccc(F)cc1Oc1cc(Cl)nc2ncnn12. The van der Waals surface area contributed by atoms with Crippen LogP contribution in [0, 0.1) is 12.7 Å². The lowest BCUT2D eigenvalue weighted by atomic mass is 10.2. The lowest BCUT2D eigenvalue weighted by molar-refractivity contribution is 0.439. The van der Waals surface area contributed by atoms with Gasteiger partial charge in [-0.1, -0.05) is 17.7 Å². The number of aromatic nitrogens is 4. The van der Waals surface area contributed by atoms with E-state index in [0.29, 0.717) is 17.4 Å². The van der Waals surface area contributed by atoms with Crippen molar-refractivity contribution < 1.29 is 9.13 Å². The third-order valence-electron chi connectivity index (χ3n) is 2.55. The van der Waals surface area contributed by atoms with Crippen molar-refractivity contribution in [3.63, 3.8) is 0 Å². The van der Waals surface area contributed by atoms with E-state index < -0.39 is 0 Å². The molecule has 7 heteroatoms. The number of fused-ring (bicyclic) bond motifs is 1. The average Bonchev–Trinajstić information content (AvgIpc) is 2.82. The molecule has 3 rings (SSSR count). The predicted molar refractivity (Wildman–Crippen MR) is 67.0 cm³/mol. The molecule has 2 aromatic heterocycles. The average molecular weight is 279 g/mol. The highest BCUT2D eigenvalue weighted by molar-refractivity contribution is 6.29. The van der Waals surface area contributed by atoms with Crippen LogP contribution in [0.4, 0.5) is 4.39 Å². The van der Waals surface area contributed by atoms with E-state index >= 15 is 0 Å². The normalized spacial score (nSPS) is 10.9. The molecule has 0 saturated carbocycles. The second-order valence-electron chi connectivity index (χ2n) is 3.90. The lowest BCUT2D eigenvalue weighted by Gasteiger charge is -2.09. The largest absolute Gasteiger partial charge is 0.438 e. The Hall–Kier alpha value is -2.21. The van der Waals surface area contributed by atoms with Gasteiger partial charge >= 0.3 is 0 Å². The molecule has 0 fully saturated rings. The first kappa shape index (κ1) is 11.9. The van der Waals surface area contributed by atoms with Crippen molar-refractivity contribution in [1.29, 1.82) is 0 Å². The van der Waals surface area contributed by atoms with Gasteiger partial charge < -0.3 is 4.74 Å². The molecule has 19 heavy (non-hydrogen) atoms. The van der Waals surface area contributed by atoms with Gasteiger partial charge in [0.1, 0.15) is 23.0 Å². The Balaban J connectivity index is 2.10. The zero-order chi connectivity index (χ0) is 13.4. The Morgan fingerprint density at radius 3 is 3.00 bits per heavy atom. The van der Waals surface area contributed by atoms with Crippen molar-refractivity contribution in [2.45, 2.75) is 6.92 Å². The van der Waals surface area contributed by atoms with Gasteiger partial charge in [-0.05, 0) is 18.6 Å². The van der Waals surface area contributed by atoms with Gasteiger partial charge in [0.25, 0.3) is 5.78 Å². The molecule has 0 unspecified atom stereocenters. The number of aryl methyl sites for hydroxylation is 1. The number of nitrogens with zero attached hydrogens (tertiary/aromatic N) is 4. The maximum absolute atomic E-state index is 13.2. The standard InChI is InChI=1S/C12H8ClFN4O/c1-7-2-3-8(14)4-9(7)19-11-5-10(13)17-12-15-6-16-18(11)12/h2-6H,1H3. The van der Waals surface area contributed by atoms with Crippen LogP contribution >= 0.6 is 11.6 Å². The summed E-state index contributed by atoms with van der Waals surface area (Å²) in [7, 11) is 0. The summed E-state index contributed by atoms with van der Waals surface area (Å²) >= 11 is 5.87. The Kier molecular flexibility index (Phi) is 2.79. The minimum absolute atomic E-state index is 0.226. The van der Waals surface area contributed by atoms with E-state index in [-0.39, 0.29) is 11.0 Å². The second kappa shape index (κ2) is 4.47. The Labute approximate surface area is 112 Å². The van der Waals surface area contributed by atoms with Crippen LogP contribution in [0.2, 0.25) is 5.15 Å². The van der Waals surface area contributed by atoms with Gasteiger partial charge in [-0.15, -0.1) is 0 Å². The molecule has 96 valence electrons. The highest BCUT2D eigenvalue weighted by Gasteiger charge is 2.10. The highest BCUT2D eigenvalue weighted by atomic mass is 35.5. The molecule has 0 radical (unpaired) electrons. The van der Waals surface area contributed by atoms with Gasteiger partial charge in [0, 0.05) is 12.1 Å². The van der Waals surface area contributed by atoms with Gasteiger partial charge in [0.05, 0.1) is 0 Å². The van der Waals surface area contributed by atoms with Crippen LogP contribution in [0.5, 0.6) is 11.6 Å². The number of ether oxygens (including phenoxy) is 1. The molecule has 0 aliphatic heterocycles. The molecular formula is C12H8ClFN4O. The van der Waals surface area contributed by atoms with E-state index in [2.05, 4.69) is 15.1 Å². The number of benzene rings is 1. The maximum Gasteiger partial charge on any atom is 0.256 e. The molecule has 0 aliphatic carbocycles. The van der Waals surface area contributed by atoms with Gasteiger partial charge in [-0.3, -0.25) is 0 Å². The summed E-state index contributed by atoms with van der Waals surface area (Å²) in [4.78, 5) is 7.90. The van der Waals surface area contributed by atoms with Crippen LogP contribution in [-0.4, -0.2) is 19.6 Å². The molecule has 2 heterocycles. The highest BCUT2D eigenvalue weighted by Crippen LogP contribution is 2.27. The molecule has 5 nitrogen and oxygen atoms in total. The van der Waals surface area contributed by atoms with Crippen molar-refractivity contribution in [3.8, 4) is 11.6 Å². The molecule has 0 saturated heterocycles. The summed E-state index contributed by atoms with van der Waals surface area (Å²) in [6.45, 7) is 1.82. The minimum Gasteiger partial charge on any atom is -0.438 e. The van der Waals surface area contributed by atoms with Crippen molar-refractivity contribution in [1.82, 2.24) is 19.6 Å². The van der Waals surface area contributed by atoms with Gasteiger partial charge in [-0.2, -0.15) is 19.6 Å². The monoisotopic (exact) mass is 278 g/mol. The Morgan fingerprint density at radius 1 is 1.32 bits per heavy atom. The summed E-state index contributed by atoms with van der Waals surface area (Å²) in [6.07, 6.45) is 1.34. The fraction of sp³-hybridized carbons (Fsp3) is 0.0833. The van der Waals surface area contributed by atoms with E-state index in [0.717, 1.165) is 5.56 Å². The van der Waals surface area contributed by atoms with Crippen LogP contribution in [0.15, 0.2) is 30.6 Å². The molecule has 0 spiro atoms. The predicted octanol–water partition coefficient (Wildman–Crippen LogP) is 3.02. The third-order valence-corrected chi connectivity index (χ3v) is 2.75. The van der Waals surface area contributed by atoms with Crippen LogP contribution < -0.4 is 4.74 Å².